The van der Waals surface area contributed by atoms with E-state index in [1.165, 1.54) is 7.11 Å². The van der Waals surface area contributed by atoms with Gasteiger partial charge in [-0.3, -0.25) is 9.59 Å². The molecule has 1 atom stereocenters. The Balaban J connectivity index is 2.31. The van der Waals surface area contributed by atoms with Crippen molar-refractivity contribution in [1.82, 2.24) is 10.2 Å². The number of carbonyl (C=O) groups is 2. The minimum atomic E-state index is -0.0980. The first-order chi connectivity index (χ1) is 9.43. The largest absolute Gasteiger partial charge is 0.375 e. The summed E-state index contributed by atoms with van der Waals surface area (Å²) in [4.78, 5) is 25.3. The highest BCUT2D eigenvalue weighted by Gasteiger charge is 2.25. The maximum Gasteiger partial charge on any atom is 0.246 e. The molecule has 0 aliphatic carbocycles. The van der Waals surface area contributed by atoms with Gasteiger partial charge in [0.15, 0.2) is 0 Å². The smallest absolute Gasteiger partial charge is 0.246 e. The predicted octanol–water partition coefficient (Wildman–Crippen LogP) is 0.113. The van der Waals surface area contributed by atoms with Crippen LogP contribution < -0.4 is 11.1 Å². The van der Waals surface area contributed by atoms with E-state index < -0.39 is 0 Å². The molecule has 1 aliphatic rings. The Morgan fingerprint density at radius 2 is 1.95 bits per heavy atom. The van der Waals surface area contributed by atoms with Crippen LogP contribution in [0.5, 0.6) is 0 Å². The zero-order valence-corrected chi connectivity index (χ0v) is 12.7. The fraction of sp³-hybridized carbons (Fsp3) is 0.857. The van der Waals surface area contributed by atoms with Gasteiger partial charge in [-0.15, -0.1) is 0 Å². The van der Waals surface area contributed by atoms with Crippen LogP contribution in [0.1, 0.15) is 33.1 Å². The zero-order valence-electron chi connectivity index (χ0n) is 12.7. The number of likely N-dealkylation sites (tertiary alicyclic amines) is 1. The summed E-state index contributed by atoms with van der Waals surface area (Å²) in [6, 6.07) is 0.0575. The van der Waals surface area contributed by atoms with Crippen molar-refractivity contribution in [1.29, 1.82) is 0 Å². The van der Waals surface area contributed by atoms with Crippen LogP contribution in [-0.4, -0.2) is 55.6 Å². The van der Waals surface area contributed by atoms with Gasteiger partial charge in [-0.25, -0.2) is 0 Å². The van der Waals surface area contributed by atoms with Gasteiger partial charge in [0.25, 0.3) is 0 Å². The molecule has 1 heterocycles. The molecule has 0 saturated carbocycles. The molecule has 6 nitrogen and oxygen atoms in total. The summed E-state index contributed by atoms with van der Waals surface area (Å²) >= 11 is 0. The lowest BCUT2D eigenvalue weighted by atomic mass is 9.99. The van der Waals surface area contributed by atoms with Crippen LogP contribution in [0.4, 0.5) is 0 Å². The molecule has 3 N–H and O–H groups in total. The lowest BCUT2D eigenvalue weighted by molar-refractivity contribution is -0.133. The summed E-state index contributed by atoms with van der Waals surface area (Å²) in [5.41, 5.74) is 5.93. The quantitative estimate of drug-likeness (QED) is 0.725. The summed E-state index contributed by atoms with van der Waals surface area (Å²) in [5.74, 6) is 0.330. The van der Waals surface area contributed by atoms with Crippen LogP contribution in [0.15, 0.2) is 0 Å². The van der Waals surface area contributed by atoms with Crippen molar-refractivity contribution in [2.75, 3.05) is 26.8 Å². The second-order valence-electron chi connectivity index (χ2n) is 5.77. The van der Waals surface area contributed by atoms with Gasteiger partial charge < -0.3 is 20.7 Å². The van der Waals surface area contributed by atoms with Gasteiger partial charge in [0.2, 0.25) is 11.8 Å². The molecule has 6 heteroatoms. The molecule has 0 radical (unpaired) electrons. The Morgan fingerprint density at radius 1 is 1.35 bits per heavy atom. The van der Waals surface area contributed by atoms with Crippen molar-refractivity contribution < 1.29 is 14.3 Å². The minimum Gasteiger partial charge on any atom is -0.375 e. The third-order valence-corrected chi connectivity index (χ3v) is 3.75. The molecule has 0 aromatic rings. The van der Waals surface area contributed by atoms with E-state index >= 15 is 0 Å². The number of hydrogen-bond acceptors (Lipinski definition) is 4. The van der Waals surface area contributed by atoms with Crippen LogP contribution in [0.3, 0.4) is 0 Å². The first-order valence-corrected chi connectivity index (χ1v) is 7.25. The van der Waals surface area contributed by atoms with E-state index in [9.17, 15) is 9.59 Å². The van der Waals surface area contributed by atoms with E-state index in [-0.39, 0.29) is 30.5 Å². The number of methoxy groups -OCH3 is 1. The van der Waals surface area contributed by atoms with Crippen molar-refractivity contribution in [2.24, 2.45) is 11.7 Å². The van der Waals surface area contributed by atoms with Crippen molar-refractivity contribution in [3.8, 4) is 0 Å². The van der Waals surface area contributed by atoms with Crippen LogP contribution in [-0.2, 0) is 14.3 Å². The summed E-state index contributed by atoms with van der Waals surface area (Å²) in [5, 5.41) is 2.91. The molecule has 0 aromatic heterocycles. The summed E-state index contributed by atoms with van der Waals surface area (Å²) < 4.78 is 4.78. The van der Waals surface area contributed by atoms with Crippen molar-refractivity contribution in [3.63, 3.8) is 0 Å². The van der Waals surface area contributed by atoms with Gasteiger partial charge in [0, 0.05) is 38.7 Å². The number of nitrogens with zero attached hydrogens (tertiary/aromatic N) is 1. The number of ether oxygens (including phenoxy) is 1. The number of amides is 2. The number of carbonyl (C=O) groups excluding carboxylic acids is 2. The van der Waals surface area contributed by atoms with Crippen LogP contribution >= 0.6 is 0 Å². The number of hydrogen-bond donors (Lipinski definition) is 2. The molecular weight excluding hydrogens is 258 g/mol. The fourth-order valence-electron chi connectivity index (χ4n) is 2.24. The van der Waals surface area contributed by atoms with Crippen LogP contribution in [0, 0.1) is 5.92 Å². The molecule has 1 fully saturated rings. The Labute approximate surface area is 121 Å². The summed E-state index contributed by atoms with van der Waals surface area (Å²) in [6.45, 7) is 5.50. The molecule has 1 rings (SSSR count). The van der Waals surface area contributed by atoms with Gasteiger partial charge in [0.05, 0.1) is 0 Å². The van der Waals surface area contributed by atoms with E-state index in [0.717, 1.165) is 12.8 Å². The first kappa shape index (κ1) is 16.9. The van der Waals surface area contributed by atoms with Gasteiger partial charge in [-0.1, -0.05) is 13.8 Å². The predicted molar refractivity (Wildman–Crippen MR) is 77.1 cm³/mol. The topological polar surface area (TPSA) is 84.7 Å². The van der Waals surface area contributed by atoms with E-state index in [2.05, 4.69) is 5.32 Å². The molecule has 2 amide bonds. The van der Waals surface area contributed by atoms with Gasteiger partial charge in [-0.2, -0.15) is 0 Å². The molecule has 0 aromatic carbocycles. The SMILES string of the molecule is COCC(=O)NC1CCN(C(=O)CC(N)C(C)C)CC1. The number of nitrogens with one attached hydrogen (secondary N) is 1. The Hall–Kier alpha value is -1.14. The Kier molecular flexibility index (Phi) is 6.95. The molecule has 1 aliphatic heterocycles. The van der Waals surface area contributed by atoms with Crippen molar-refractivity contribution in [3.05, 3.63) is 0 Å². The normalized spacial score (nSPS) is 18.1. The average molecular weight is 285 g/mol. The molecule has 1 saturated heterocycles. The lowest BCUT2D eigenvalue weighted by Crippen LogP contribution is -2.48. The number of piperidine rings is 1. The third kappa shape index (κ3) is 5.46. The highest BCUT2D eigenvalue weighted by molar-refractivity contribution is 5.78. The molecular formula is C14H27N3O3. The second kappa shape index (κ2) is 8.21. The first-order valence-electron chi connectivity index (χ1n) is 7.25. The van der Waals surface area contributed by atoms with Gasteiger partial charge in [0.1, 0.15) is 6.61 Å². The van der Waals surface area contributed by atoms with Gasteiger partial charge in [-0.05, 0) is 18.8 Å². The Bertz CT molecular complexity index is 326. The highest BCUT2D eigenvalue weighted by atomic mass is 16.5. The fourth-order valence-corrected chi connectivity index (χ4v) is 2.24. The van der Waals surface area contributed by atoms with Crippen molar-refractivity contribution >= 4 is 11.8 Å². The molecule has 20 heavy (non-hydrogen) atoms. The third-order valence-electron chi connectivity index (χ3n) is 3.75. The lowest BCUT2D eigenvalue weighted by Gasteiger charge is -2.33. The second-order valence-corrected chi connectivity index (χ2v) is 5.77. The van der Waals surface area contributed by atoms with Crippen molar-refractivity contribution in [2.45, 2.75) is 45.2 Å². The average Bonchev–Trinajstić information content (AvgIpc) is 2.39. The number of nitrogens with two attached hydrogens (primary N) is 1. The summed E-state index contributed by atoms with van der Waals surface area (Å²) in [7, 11) is 1.50. The van der Waals surface area contributed by atoms with E-state index in [4.69, 9.17) is 10.5 Å². The maximum atomic E-state index is 12.1. The highest BCUT2D eigenvalue weighted by Crippen LogP contribution is 2.13. The molecule has 0 spiro atoms. The van der Waals surface area contributed by atoms with Crippen LogP contribution in [0.25, 0.3) is 0 Å². The molecule has 0 bridgehead atoms. The molecule has 116 valence electrons. The van der Waals surface area contributed by atoms with Crippen LogP contribution in [0.2, 0.25) is 0 Å². The maximum absolute atomic E-state index is 12.1. The van der Waals surface area contributed by atoms with Gasteiger partial charge >= 0.3 is 0 Å². The number of rotatable bonds is 6. The van der Waals surface area contributed by atoms with E-state index in [0.29, 0.717) is 25.4 Å². The minimum absolute atomic E-state index is 0.0818. The monoisotopic (exact) mass is 285 g/mol. The molecule has 1 unspecified atom stereocenters. The zero-order chi connectivity index (χ0) is 15.1. The Morgan fingerprint density at radius 3 is 2.45 bits per heavy atom. The summed E-state index contributed by atoms with van der Waals surface area (Å²) in [6.07, 6.45) is 1.98. The van der Waals surface area contributed by atoms with E-state index in [1.807, 2.05) is 18.7 Å². The standard InChI is InChI=1S/C14H27N3O3/c1-10(2)12(15)8-14(19)17-6-4-11(5-7-17)16-13(18)9-20-3/h10-12H,4-9,15H2,1-3H3,(H,16,18). The van der Waals surface area contributed by atoms with E-state index in [1.54, 1.807) is 0 Å².